The molecule has 3 unspecified atom stereocenters. The van der Waals surface area contributed by atoms with Gasteiger partial charge >= 0.3 is 0 Å². The molecule has 4 rings (SSSR count). The monoisotopic (exact) mass is 204 g/mol. The maximum atomic E-state index is 5.40. The van der Waals surface area contributed by atoms with Gasteiger partial charge in [-0.05, 0) is 0 Å². The van der Waals surface area contributed by atoms with Gasteiger partial charge in [-0.1, -0.05) is 0 Å². The Labute approximate surface area is 69.0 Å². The maximum Gasteiger partial charge on any atom is 0.143 e. The van der Waals surface area contributed by atoms with Crippen LogP contribution in [0.1, 0.15) is 6.42 Å². The fraction of sp³-hybridized carbons (Fsp3) is 1.00. The number of nitrogens with one attached hydrogen (secondary N) is 1. The molecule has 0 aromatic rings. The van der Waals surface area contributed by atoms with E-state index in [1.807, 2.05) is 0 Å². The molecule has 56 valence electrons. The molecule has 1 aliphatic carbocycles. The van der Waals surface area contributed by atoms with E-state index in [0.29, 0.717) is 5.60 Å². The third kappa shape index (κ3) is 0.467. The summed E-state index contributed by atoms with van der Waals surface area (Å²) < 4.78 is 5.40. The van der Waals surface area contributed by atoms with Crippen molar-refractivity contribution in [2.24, 2.45) is 11.8 Å². The van der Waals surface area contributed by atoms with Crippen LogP contribution in [0.3, 0.4) is 0 Å². The van der Waals surface area contributed by atoms with Gasteiger partial charge in [-0.25, -0.2) is 0 Å². The summed E-state index contributed by atoms with van der Waals surface area (Å²) in [5.41, 5.74) is 0.299. The molecule has 4 fully saturated rings. The molecule has 3 saturated heterocycles. The molecular weight excluding hydrogens is 194 g/mol. The zero-order chi connectivity index (χ0) is 6.77. The van der Waals surface area contributed by atoms with E-state index >= 15 is 0 Å². The third-order valence-corrected chi connectivity index (χ3v) is 4.22. The van der Waals surface area contributed by atoms with E-state index in [1.54, 1.807) is 4.90 Å². The van der Waals surface area contributed by atoms with Gasteiger partial charge < -0.3 is 4.90 Å². The van der Waals surface area contributed by atoms with Crippen LogP contribution in [-0.4, -0.2) is 25.2 Å². The van der Waals surface area contributed by atoms with Gasteiger partial charge in [-0.2, -0.15) is 0 Å². The summed E-state index contributed by atoms with van der Waals surface area (Å²) in [5.74, 6) is 1.81. The molecule has 10 heavy (non-hydrogen) atoms. The summed E-state index contributed by atoms with van der Waals surface area (Å²) >= 11 is 3.16. The molecule has 3 heteroatoms. The number of piperidine rings is 3. The lowest BCUT2D eigenvalue weighted by Crippen LogP contribution is -3.13. The average Bonchev–Trinajstić information content (AvgIpc) is 2.52. The molecule has 3 heterocycles. The lowest BCUT2D eigenvalue weighted by atomic mass is 10.1. The summed E-state index contributed by atoms with van der Waals surface area (Å²) in [6.45, 7) is 4.02. The molecule has 0 spiro atoms. The predicted molar refractivity (Wildman–Crippen MR) is 39.9 cm³/mol. The van der Waals surface area contributed by atoms with E-state index in [4.69, 9.17) is 3.83 Å². The van der Waals surface area contributed by atoms with Crippen molar-refractivity contribution < 1.29 is 8.73 Å². The first kappa shape index (κ1) is 5.98. The van der Waals surface area contributed by atoms with Crippen molar-refractivity contribution in [1.82, 2.24) is 0 Å². The average molecular weight is 205 g/mol. The Bertz CT molecular complexity index is 180. The number of hydrogen-bond acceptors (Lipinski definition) is 1. The fourth-order valence-corrected chi connectivity index (χ4v) is 3.66. The molecule has 1 N–H and O–H groups in total. The van der Waals surface area contributed by atoms with Crippen LogP contribution in [0.5, 0.6) is 0 Å². The Morgan fingerprint density at radius 3 is 2.70 bits per heavy atom. The van der Waals surface area contributed by atoms with E-state index in [1.165, 1.54) is 26.1 Å². The lowest BCUT2D eigenvalue weighted by molar-refractivity contribution is -0.902. The number of fused-ring (bicyclic) bond motifs is 1. The Balaban J connectivity index is 1.94. The van der Waals surface area contributed by atoms with Crippen molar-refractivity contribution in [3.05, 3.63) is 0 Å². The molecule has 3 aliphatic heterocycles. The van der Waals surface area contributed by atoms with Crippen LogP contribution >= 0.6 is 16.3 Å². The van der Waals surface area contributed by atoms with Crippen LogP contribution in [0.2, 0.25) is 0 Å². The highest BCUT2D eigenvalue weighted by Crippen LogP contribution is 2.58. The van der Waals surface area contributed by atoms with Gasteiger partial charge in [0.15, 0.2) is 0 Å². The summed E-state index contributed by atoms with van der Waals surface area (Å²) in [4.78, 5) is 1.76. The van der Waals surface area contributed by atoms with Gasteiger partial charge in [-0.15, -0.1) is 0 Å². The van der Waals surface area contributed by atoms with Gasteiger partial charge in [0.2, 0.25) is 0 Å². The molecule has 0 aromatic heterocycles. The number of hydrogen-bond donors (Lipinski definition) is 1. The predicted octanol–water partition coefficient (Wildman–Crippen LogP) is -0.400. The van der Waals surface area contributed by atoms with Crippen LogP contribution in [-0.2, 0) is 3.83 Å². The van der Waals surface area contributed by atoms with Crippen molar-refractivity contribution in [2.45, 2.75) is 12.0 Å². The summed E-state index contributed by atoms with van der Waals surface area (Å²) in [6.07, 6.45) is 1.39. The number of quaternary nitrogens is 1. The van der Waals surface area contributed by atoms with Gasteiger partial charge in [0.25, 0.3) is 0 Å². The topological polar surface area (TPSA) is 13.7 Å². The Hall–Kier alpha value is 0.400. The molecule has 4 aliphatic rings. The van der Waals surface area contributed by atoms with Crippen molar-refractivity contribution in [3.63, 3.8) is 0 Å². The standard InChI is InChI=1S/C7H10BrNO/c8-10-7-4-9-2-1-5(7)6(7)3-9/h5-6H,1-4H2/p+1/t5?,6?,7-/m1/s1. The van der Waals surface area contributed by atoms with E-state index < -0.39 is 0 Å². The van der Waals surface area contributed by atoms with Crippen molar-refractivity contribution in [2.75, 3.05) is 19.6 Å². The second kappa shape index (κ2) is 1.59. The second-order valence-corrected chi connectivity index (χ2v) is 4.24. The fourth-order valence-electron chi connectivity index (χ4n) is 3.06. The normalized spacial score (nSPS) is 62.7. The highest BCUT2D eigenvalue weighted by molar-refractivity contribution is 9.06. The van der Waals surface area contributed by atoms with E-state index in [-0.39, 0.29) is 0 Å². The van der Waals surface area contributed by atoms with Gasteiger partial charge in [0.05, 0.1) is 35.3 Å². The zero-order valence-electron chi connectivity index (χ0n) is 5.77. The zero-order valence-corrected chi connectivity index (χ0v) is 7.36. The summed E-state index contributed by atoms with van der Waals surface area (Å²) in [5, 5.41) is 0. The Morgan fingerprint density at radius 1 is 1.50 bits per heavy atom. The summed E-state index contributed by atoms with van der Waals surface area (Å²) in [7, 11) is 0. The molecule has 4 atom stereocenters. The number of rotatable bonds is 1. The smallest absolute Gasteiger partial charge is 0.143 e. The van der Waals surface area contributed by atoms with Crippen molar-refractivity contribution >= 4 is 16.3 Å². The molecule has 2 nitrogen and oxygen atoms in total. The minimum Gasteiger partial charge on any atom is -0.332 e. The quantitative estimate of drug-likeness (QED) is 0.615. The molecule has 0 radical (unpaired) electrons. The maximum absolute atomic E-state index is 5.40. The van der Waals surface area contributed by atoms with Gasteiger partial charge in [-0.3, -0.25) is 3.83 Å². The minimum atomic E-state index is 0.299. The SMILES string of the molecule is BrO[C@]12C[NH+]3CCC1C2C3. The molecule has 0 amide bonds. The highest BCUT2D eigenvalue weighted by Gasteiger charge is 2.76. The molecule has 1 saturated carbocycles. The van der Waals surface area contributed by atoms with Gasteiger partial charge in [0.1, 0.15) is 12.1 Å². The Kier molecular flexibility index (Phi) is 0.953. The van der Waals surface area contributed by atoms with E-state index in [0.717, 1.165) is 11.8 Å². The third-order valence-electron chi connectivity index (χ3n) is 3.62. The lowest BCUT2D eigenvalue weighted by Gasteiger charge is -2.25. The van der Waals surface area contributed by atoms with Gasteiger partial charge in [0, 0.05) is 12.3 Å². The highest BCUT2D eigenvalue weighted by atomic mass is 79.9. The van der Waals surface area contributed by atoms with E-state index in [9.17, 15) is 0 Å². The van der Waals surface area contributed by atoms with Crippen molar-refractivity contribution in [1.29, 1.82) is 0 Å². The first-order chi connectivity index (χ1) is 4.87. The minimum absolute atomic E-state index is 0.299. The summed E-state index contributed by atoms with van der Waals surface area (Å²) in [6, 6.07) is 0. The Morgan fingerprint density at radius 2 is 2.40 bits per heavy atom. The van der Waals surface area contributed by atoms with Crippen molar-refractivity contribution in [3.8, 4) is 0 Å². The number of halogens is 1. The van der Waals surface area contributed by atoms with E-state index in [2.05, 4.69) is 16.3 Å². The molecule has 0 aromatic carbocycles. The molecular formula is C7H11BrNO+. The largest absolute Gasteiger partial charge is 0.332 e. The van der Waals surface area contributed by atoms with Crippen LogP contribution in [0.25, 0.3) is 0 Å². The first-order valence-corrected chi connectivity index (χ1v) is 4.65. The van der Waals surface area contributed by atoms with Crippen LogP contribution < -0.4 is 4.90 Å². The van der Waals surface area contributed by atoms with Crippen LogP contribution in [0.4, 0.5) is 0 Å². The first-order valence-electron chi connectivity index (χ1n) is 4.00. The van der Waals surface area contributed by atoms with Crippen LogP contribution in [0.15, 0.2) is 0 Å². The van der Waals surface area contributed by atoms with Crippen LogP contribution in [0, 0.1) is 11.8 Å². The molecule has 4 bridgehead atoms. The second-order valence-electron chi connectivity index (χ2n) is 3.91.